The highest BCUT2D eigenvalue weighted by Gasteiger charge is 2.04. The third kappa shape index (κ3) is 1.99. The van der Waals surface area contributed by atoms with Crippen LogP contribution in [0.5, 0.6) is 5.75 Å². The van der Waals surface area contributed by atoms with Gasteiger partial charge in [0, 0.05) is 6.07 Å². The van der Waals surface area contributed by atoms with Gasteiger partial charge in [0.1, 0.15) is 5.75 Å². The quantitative estimate of drug-likeness (QED) is 0.471. The van der Waals surface area contributed by atoms with E-state index >= 15 is 0 Å². The number of para-hydroxylation sites is 1. The van der Waals surface area contributed by atoms with Crippen LogP contribution in [0, 0.1) is 13.0 Å². The normalized spacial score (nSPS) is 9.17. The average molecular weight is 165 g/mol. The molecular weight excluding hydrogens is 156 g/mol. The number of benzene rings is 1. The maximum absolute atomic E-state index is 10.7. The van der Waals surface area contributed by atoms with Crippen LogP contribution in [0.1, 0.15) is 5.56 Å². The molecule has 1 rings (SSSR count). The van der Waals surface area contributed by atoms with Gasteiger partial charge >= 0.3 is 6.16 Å². The van der Waals surface area contributed by atoms with E-state index in [4.69, 9.17) is 4.74 Å². The molecule has 1 radical (unpaired) electrons. The molecular formula is C9H9O3. The molecule has 0 aromatic heterocycles. The van der Waals surface area contributed by atoms with Crippen molar-refractivity contribution < 1.29 is 14.3 Å². The standard InChI is InChI=1S/C9H9O3/c1-7-5-3-4-6-8(7)12-9(10)11-2/h3-5H,1-2H3. The van der Waals surface area contributed by atoms with Crippen molar-refractivity contribution >= 4 is 6.16 Å². The lowest BCUT2D eigenvalue weighted by atomic mass is 10.2. The van der Waals surface area contributed by atoms with Gasteiger partial charge in [-0.05, 0) is 12.5 Å². The summed E-state index contributed by atoms with van der Waals surface area (Å²) in [4.78, 5) is 10.7. The summed E-state index contributed by atoms with van der Waals surface area (Å²) in [5, 5.41) is 0. The van der Waals surface area contributed by atoms with E-state index in [9.17, 15) is 4.79 Å². The van der Waals surface area contributed by atoms with Crippen molar-refractivity contribution in [3.05, 3.63) is 29.8 Å². The molecule has 1 aromatic carbocycles. The van der Waals surface area contributed by atoms with Gasteiger partial charge in [-0.25, -0.2) is 4.79 Å². The molecule has 0 heterocycles. The smallest absolute Gasteiger partial charge is 0.437 e. The van der Waals surface area contributed by atoms with E-state index in [1.54, 1.807) is 6.07 Å². The van der Waals surface area contributed by atoms with Gasteiger partial charge in [-0.3, -0.25) is 0 Å². The Bertz CT molecular complexity index is 281. The summed E-state index contributed by atoms with van der Waals surface area (Å²) in [6.07, 6.45) is -0.722. The van der Waals surface area contributed by atoms with Gasteiger partial charge in [-0.2, -0.15) is 0 Å². The lowest BCUT2D eigenvalue weighted by Gasteiger charge is -2.03. The summed E-state index contributed by atoms with van der Waals surface area (Å²) < 4.78 is 9.11. The highest BCUT2D eigenvalue weighted by atomic mass is 16.7. The first kappa shape index (κ1) is 8.59. The molecule has 63 valence electrons. The number of carbonyl (C=O) groups excluding carboxylic acids is 1. The molecule has 0 aliphatic rings. The first-order chi connectivity index (χ1) is 5.74. The van der Waals surface area contributed by atoms with Crippen LogP contribution in [0.4, 0.5) is 4.79 Å². The molecule has 0 saturated carbocycles. The zero-order valence-electron chi connectivity index (χ0n) is 6.96. The molecule has 0 saturated heterocycles. The molecule has 0 atom stereocenters. The van der Waals surface area contributed by atoms with Crippen LogP contribution >= 0.6 is 0 Å². The van der Waals surface area contributed by atoms with Crippen LogP contribution in [0.2, 0.25) is 0 Å². The van der Waals surface area contributed by atoms with Crippen molar-refractivity contribution in [2.75, 3.05) is 7.11 Å². The Morgan fingerprint density at radius 1 is 1.58 bits per heavy atom. The molecule has 0 spiro atoms. The molecule has 3 heteroatoms. The second-order valence-electron chi connectivity index (χ2n) is 2.24. The Morgan fingerprint density at radius 3 is 2.92 bits per heavy atom. The number of hydrogen-bond acceptors (Lipinski definition) is 3. The minimum atomic E-state index is -0.722. The highest BCUT2D eigenvalue weighted by Crippen LogP contribution is 2.15. The molecule has 0 aliphatic carbocycles. The van der Waals surface area contributed by atoms with E-state index in [1.165, 1.54) is 7.11 Å². The van der Waals surface area contributed by atoms with Gasteiger partial charge in [0.25, 0.3) is 0 Å². The molecule has 12 heavy (non-hydrogen) atoms. The van der Waals surface area contributed by atoms with Crippen molar-refractivity contribution in [3.8, 4) is 5.75 Å². The third-order valence-electron chi connectivity index (χ3n) is 1.37. The summed E-state index contributed by atoms with van der Waals surface area (Å²) in [6.45, 7) is 1.83. The van der Waals surface area contributed by atoms with Crippen molar-refractivity contribution in [3.63, 3.8) is 0 Å². The van der Waals surface area contributed by atoms with E-state index < -0.39 is 6.16 Å². The zero-order chi connectivity index (χ0) is 8.97. The fourth-order valence-electron chi connectivity index (χ4n) is 0.741. The molecule has 0 amide bonds. The second-order valence-corrected chi connectivity index (χ2v) is 2.24. The zero-order valence-corrected chi connectivity index (χ0v) is 6.96. The van der Waals surface area contributed by atoms with Crippen LogP contribution in [0.25, 0.3) is 0 Å². The largest absolute Gasteiger partial charge is 0.513 e. The van der Waals surface area contributed by atoms with Gasteiger partial charge in [-0.1, -0.05) is 18.2 Å². The minimum absolute atomic E-state index is 0.407. The van der Waals surface area contributed by atoms with Crippen molar-refractivity contribution in [2.45, 2.75) is 6.92 Å². The predicted molar refractivity (Wildman–Crippen MR) is 43.0 cm³/mol. The van der Waals surface area contributed by atoms with E-state index in [0.717, 1.165) is 5.56 Å². The van der Waals surface area contributed by atoms with Gasteiger partial charge in [0.15, 0.2) is 0 Å². The number of rotatable bonds is 1. The summed E-state index contributed by atoms with van der Waals surface area (Å²) in [5.74, 6) is 0.407. The Morgan fingerprint density at radius 2 is 2.33 bits per heavy atom. The Balaban J connectivity index is 2.75. The van der Waals surface area contributed by atoms with E-state index in [1.807, 2.05) is 19.1 Å². The highest BCUT2D eigenvalue weighted by molar-refractivity contribution is 5.64. The van der Waals surface area contributed by atoms with Crippen LogP contribution in [-0.4, -0.2) is 13.3 Å². The van der Waals surface area contributed by atoms with Gasteiger partial charge in [0.05, 0.1) is 7.11 Å². The lowest BCUT2D eigenvalue weighted by Crippen LogP contribution is -2.07. The van der Waals surface area contributed by atoms with Gasteiger partial charge in [0.2, 0.25) is 0 Å². The minimum Gasteiger partial charge on any atom is -0.437 e. The fraction of sp³-hybridized carbons (Fsp3) is 0.222. The van der Waals surface area contributed by atoms with Crippen molar-refractivity contribution in [1.29, 1.82) is 0 Å². The van der Waals surface area contributed by atoms with Crippen LogP contribution in [0.3, 0.4) is 0 Å². The number of methoxy groups -OCH3 is 1. The average Bonchev–Trinajstić information content (AvgIpc) is 2.09. The SMILES string of the molecule is COC(=O)Oc1[c]cccc1C. The molecule has 0 bridgehead atoms. The van der Waals surface area contributed by atoms with Crippen molar-refractivity contribution in [2.24, 2.45) is 0 Å². The molecule has 0 fully saturated rings. The van der Waals surface area contributed by atoms with Gasteiger partial charge < -0.3 is 9.47 Å². The lowest BCUT2D eigenvalue weighted by molar-refractivity contribution is 0.121. The van der Waals surface area contributed by atoms with Gasteiger partial charge in [-0.15, -0.1) is 0 Å². The summed E-state index contributed by atoms with van der Waals surface area (Å²) in [5.41, 5.74) is 0.850. The van der Waals surface area contributed by atoms with Crippen LogP contribution < -0.4 is 4.74 Å². The number of hydrogen-bond donors (Lipinski definition) is 0. The third-order valence-corrected chi connectivity index (χ3v) is 1.37. The molecule has 0 N–H and O–H groups in total. The molecule has 3 nitrogen and oxygen atoms in total. The molecule has 1 aromatic rings. The Kier molecular flexibility index (Phi) is 2.69. The Labute approximate surface area is 70.9 Å². The summed E-state index contributed by atoms with van der Waals surface area (Å²) in [7, 11) is 1.26. The molecule has 0 unspecified atom stereocenters. The van der Waals surface area contributed by atoms with E-state index in [2.05, 4.69) is 10.8 Å². The first-order valence-corrected chi connectivity index (χ1v) is 3.47. The second kappa shape index (κ2) is 3.76. The number of aryl methyl sites for hydroxylation is 1. The molecule has 0 aliphatic heterocycles. The monoisotopic (exact) mass is 165 g/mol. The Hall–Kier alpha value is -1.51. The summed E-state index contributed by atoms with van der Waals surface area (Å²) >= 11 is 0. The van der Waals surface area contributed by atoms with E-state index in [-0.39, 0.29) is 0 Å². The summed E-state index contributed by atoms with van der Waals surface area (Å²) in [6, 6.07) is 8.10. The topological polar surface area (TPSA) is 35.5 Å². The van der Waals surface area contributed by atoms with E-state index in [0.29, 0.717) is 5.75 Å². The van der Waals surface area contributed by atoms with Crippen LogP contribution in [-0.2, 0) is 4.74 Å². The first-order valence-electron chi connectivity index (χ1n) is 3.47. The van der Waals surface area contributed by atoms with Crippen LogP contribution in [0.15, 0.2) is 18.2 Å². The number of ether oxygens (including phenoxy) is 2. The van der Waals surface area contributed by atoms with Crippen molar-refractivity contribution in [1.82, 2.24) is 0 Å². The fourth-order valence-corrected chi connectivity index (χ4v) is 0.741. The maximum Gasteiger partial charge on any atom is 0.513 e. The predicted octanol–water partition coefficient (Wildman–Crippen LogP) is 1.94. The number of carbonyl (C=O) groups is 1. The maximum atomic E-state index is 10.7.